The van der Waals surface area contributed by atoms with Gasteiger partial charge >= 0.3 is 0 Å². The Morgan fingerprint density at radius 1 is 1.50 bits per heavy atom. The molecule has 0 saturated heterocycles. The Morgan fingerprint density at radius 2 is 1.50 bits per heavy atom. The monoisotopic (exact) mass is 59.1 g/mol. The fourth-order valence-electron chi connectivity index (χ4n) is 0. The van der Waals surface area contributed by atoms with Crippen LogP contribution in [0, 0.1) is 0 Å². The normalized spacial score (nSPS) is 9.00. The fraction of sp³-hybridized carbons (Fsp3) is 1.00. The van der Waals surface area contributed by atoms with Crippen LogP contribution in [0.25, 0.3) is 0 Å². The summed E-state index contributed by atoms with van der Waals surface area (Å²) in [5.74, 6) is 0. The summed E-state index contributed by atoms with van der Waals surface area (Å²) in [6, 6.07) is 0. The predicted molar refractivity (Wildman–Crippen MR) is 21.1 cm³/mol. The van der Waals surface area contributed by atoms with E-state index in [1.165, 1.54) is 0 Å². The molecule has 1 nitrogen and oxygen atoms in total. The van der Waals surface area contributed by atoms with E-state index in [0.29, 0.717) is 0 Å². The van der Waals surface area contributed by atoms with Crippen molar-refractivity contribution in [3.8, 4) is 0 Å². The van der Waals surface area contributed by atoms with Crippen LogP contribution >= 0.6 is 0 Å². The standard InChI is InChI=1S/C2H8BO/c1-3(2)4/h3-4H,1-2H3/q-1. The van der Waals surface area contributed by atoms with Gasteiger partial charge in [-0.15, -0.1) is 0 Å². The SMILES string of the molecule is C[BH-](C)O. The van der Waals surface area contributed by atoms with Crippen molar-refractivity contribution in [1.82, 2.24) is 0 Å². The van der Waals surface area contributed by atoms with Gasteiger partial charge in [-0.2, -0.15) is 13.6 Å². The second-order valence-corrected chi connectivity index (χ2v) is 1.34. The molecule has 26 valence electrons. The second-order valence-electron chi connectivity index (χ2n) is 1.34. The van der Waals surface area contributed by atoms with E-state index in [1.807, 2.05) is 0 Å². The van der Waals surface area contributed by atoms with Gasteiger partial charge in [0.25, 0.3) is 0 Å². The third-order valence-electron chi connectivity index (χ3n) is 0. The van der Waals surface area contributed by atoms with E-state index in [0.717, 1.165) is 0 Å². The van der Waals surface area contributed by atoms with Crippen molar-refractivity contribution in [1.29, 1.82) is 0 Å². The van der Waals surface area contributed by atoms with Crippen molar-refractivity contribution in [2.75, 3.05) is 0 Å². The molecule has 2 heteroatoms. The molecule has 0 aromatic heterocycles. The molecule has 4 heavy (non-hydrogen) atoms. The van der Waals surface area contributed by atoms with Gasteiger partial charge in [-0.1, -0.05) is 0 Å². The van der Waals surface area contributed by atoms with Crippen LogP contribution in [0.1, 0.15) is 0 Å². The molecule has 0 aliphatic rings. The Kier molecular flexibility index (Phi) is 1.36. The van der Waals surface area contributed by atoms with Crippen molar-refractivity contribution >= 4 is 6.92 Å². The molecule has 0 aliphatic carbocycles. The van der Waals surface area contributed by atoms with Gasteiger partial charge in [-0.25, -0.2) is 0 Å². The summed E-state index contributed by atoms with van der Waals surface area (Å²) in [6.45, 7) is 2.86. The molecular weight excluding hydrogens is 50.8 g/mol. The molecule has 0 aromatic carbocycles. The van der Waals surface area contributed by atoms with Crippen LogP contribution in [-0.4, -0.2) is 11.9 Å². The Balaban J connectivity index is 2.32. The third-order valence-corrected chi connectivity index (χ3v) is 0. The van der Waals surface area contributed by atoms with Crippen molar-refractivity contribution in [2.45, 2.75) is 13.6 Å². The van der Waals surface area contributed by atoms with Gasteiger partial charge in [0.15, 0.2) is 0 Å². The highest BCUT2D eigenvalue weighted by Crippen LogP contribution is 1.60. The van der Waals surface area contributed by atoms with E-state index in [4.69, 9.17) is 5.02 Å². The Morgan fingerprint density at radius 3 is 1.50 bits per heavy atom. The zero-order valence-corrected chi connectivity index (χ0v) is 3.15. The van der Waals surface area contributed by atoms with Crippen molar-refractivity contribution in [3.05, 3.63) is 0 Å². The first-order valence-electron chi connectivity index (χ1n) is 1.73. The molecule has 0 aromatic rings. The van der Waals surface area contributed by atoms with Gasteiger partial charge in [0.1, 0.15) is 0 Å². The highest BCUT2D eigenvalue weighted by Gasteiger charge is 1.64. The van der Waals surface area contributed by atoms with Crippen LogP contribution in [0.4, 0.5) is 0 Å². The molecule has 0 heterocycles. The fourth-order valence-corrected chi connectivity index (χ4v) is 0. The number of hydrogen-bond acceptors (Lipinski definition) is 1. The largest absolute Gasteiger partial charge is 0.607 e. The van der Waals surface area contributed by atoms with Gasteiger partial charge in [-0.05, 0) is 0 Å². The summed E-state index contributed by atoms with van der Waals surface area (Å²) >= 11 is 0. The first kappa shape index (κ1) is 4.02. The van der Waals surface area contributed by atoms with Gasteiger partial charge < -0.3 is 5.02 Å². The van der Waals surface area contributed by atoms with E-state index >= 15 is 0 Å². The smallest absolute Gasteiger partial charge is 0.0900 e. The van der Waals surface area contributed by atoms with E-state index < -0.39 is 6.92 Å². The molecule has 0 unspecified atom stereocenters. The lowest BCUT2D eigenvalue weighted by molar-refractivity contribution is 0.587. The van der Waals surface area contributed by atoms with Crippen molar-refractivity contribution in [2.24, 2.45) is 0 Å². The zero-order chi connectivity index (χ0) is 3.58. The highest BCUT2D eigenvalue weighted by atomic mass is 16.2. The molecule has 1 N–H and O–H groups in total. The molecule has 0 aliphatic heterocycles. The summed E-state index contributed by atoms with van der Waals surface area (Å²) in [4.78, 5) is 0. The van der Waals surface area contributed by atoms with Crippen LogP contribution in [0.2, 0.25) is 13.6 Å². The average Bonchev–Trinajstić information content (AvgIpc) is 0.811. The first-order chi connectivity index (χ1) is 1.73. The molecule has 0 rings (SSSR count). The molecule has 0 saturated carbocycles. The topological polar surface area (TPSA) is 20.2 Å². The van der Waals surface area contributed by atoms with Gasteiger partial charge in [0.2, 0.25) is 0 Å². The minimum atomic E-state index is -0.750. The Bertz CT molecular complexity index is 10.8. The summed E-state index contributed by atoms with van der Waals surface area (Å²) < 4.78 is 0. The van der Waals surface area contributed by atoms with Crippen molar-refractivity contribution < 1.29 is 5.02 Å². The van der Waals surface area contributed by atoms with Crippen LogP contribution in [-0.2, 0) is 0 Å². The maximum Gasteiger partial charge on any atom is 0.0900 e. The molecule has 0 spiro atoms. The third kappa shape index (κ3) is 3420. The molecule has 0 bridgehead atoms. The summed E-state index contributed by atoms with van der Waals surface area (Å²) in [6.07, 6.45) is 0. The number of hydrogen-bond donors (Lipinski definition) is 1. The number of rotatable bonds is 0. The van der Waals surface area contributed by atoms with E-state index in [9.17, 15) is 0 Å². The molecule has 0 radical (unpaired) electrons. The van der Waals surface area contributed by atoms with E-state index in [-0.39, 0.29) is 0 Å². The van der Waals surface area contributed by atoms with Gasteiger partial charge in [0, 0.05) is 0 Å². The molecule has 0 fully saturated rings. The van der Waals surface area contributed by atoms with Crippen LogP contribution in [0.15, 0.2) is 0 Å². The van der Waals surface area contributed by atoms with Gasteiger partial charge in [-0.3, -0.25) is 0 Å². The zero-order valence-electron chi connectivity index (χ0n) is 3.15. The molecule has 0 amide bonds. The van der Waals surface area contributed by atoms with Crippen LogP contribution in [0.5, 0.6) is 0 Å². The highest BCUT2D eigenvalue weighted by molar-refractivity contribution is 6.46. The van der Waals surface area contributed by atoms with Crippen LogP contribution in [0.3, 0.4) is 0 Å². The minimum Gasteiger partial charge on any atom is -0.607 e. The maximum atomic E-state index is 8.14. The quantitative estimate of drug-likeness (QED) is 0.388. The average molecular weight is 58.9 g/mol. The molecule has 0 atom stereocenters. The maximum absolute atomic E-state index is 8.14. The van der Waals surface area contributed by atoms with Crippen molar-refractivity contribution in [3.63, 3.8) is 0 Å². The van der Waals surface area contributed by atoms with Gasteiger partial charge in [0.05, 0.1) is 6.92 Å². The second kappa shape index (κ2) is 1.36. The summed E-state index contributed by atoms with van der Waals surface area (Å²) in [5, 5.41) is 8.14. The first-order valence-corrected chi connectivity index (χ1v) is 1.73. The lowest BCUT2D eigenvalue weighted by atomic mass is 9.76. The lowest BCUT2D eigenvalue weighted by Gasteiger charge is -1.87. The van der Waals surface area contributed by atoms with E-state index in [1.54, 1.807) is 13.6 Å². The summed E-state index contributed by atoms with van der Waals surface area (Å²) in [5.41, 5.74) is 0. The lowest BCUT2D eigenvalue weighted by Crippen LogP contribution is -1.93. The molecular formula is C2H8BO-. The summed E-state index contributed by atoms with van der Waals surface area (Å²) in [7, 11) is 0. The predicted octanol–water partition coefficient (Wildman–Crippen LogP) is -0.0379. The minimum absolute atomic E-state index is 0.750. The Hall–Kier alpha value is 0.0249. The van der Waals surface area contributed by atoms with Crippen LogP contribution < -0.4 is 0 Å². The van der Waals surface area contributed by atoms with E-state index in [2.05, 4.69) is 0 Å². The Labute approximate surface area is 26.8 Å².